The quantitative estimate of drug-likeness (QED) is 0.268. The number of ether oxygens (including phenoxy) is 1. The van der Waals surface area contributed by atoms with Crippen LogP contribution in [0.2, 0.25) is 0 Å². The molecule has 4 rings (SSSR count). The van der Waals surface area contributed by atoms with E-state index < -0.39 is 0 Å². The van der Waals surface area contributed by atoms with Crippen LogP contribution in [0.1, 0.15) is 24.0 Å². The number of guanidine groups is 1. The second kappa shape index (κ2) is 11.9. The molecule has 0 aromatic heterocycles. The number of hydrogen-bond donors (Lipinski definition) is 3. The minimum absolute atomic E-state index is 0. The zero-order valence-electron chi connectivity index (χ0n) is 18.5. The molecular weight excluding hydrogens is 517 g/mol. The van der Waals surface area contributed by atoms with Gasteiger partial charge < -0.3 is 25.6 Å². The van der Waals surface area contributed by atoms with Crippen LogP contribution in [0.5, 0.6) is 5.75 Å². The van der Waals surface area contributed by atoms with Gasteiger partial charge in [0.05, 0.1) is 13.2 Å². The molecule has 2 aromatic carbocycles. The summed E-state index contributed by atoms with van der Waals surface area (Å²) in [7, 11) is 1.77. The number of halogens is 1. The number of hydrogen-bond acceptors (Lipinski definition) is 4. The number of carbonyl (C=O) groups is 1. The standard InChI is InChI=1S/C24H31N5O2.HI/c1-25-24(28-15-20-4-2-3-5-22(20)31-17-19-6-7-19)27-14-18-8-10-21(11-9-18)29-13-12-26-23(30)16-29;/h2-5,8-11,19H,6-7,12-17H2,1H3,(H,26,30)(H2,25,27,28);1H. The minimum Gasteiger partial charge on any atom is -0.493 e. The molecule has 1 heterocycles. The maximum Gasteiger partial charge on any atom is 0.239 e. The van der Waals surface area contributed by atoms with Crippen LogP contribution in [0.25, 0.3) is 0 Å². The number of piperazine rings is 1. The van der Waals surface area contributed by atoms with E-state index in [-0.39, 0.29) is 29.9 Å². The van der Waals surface area contributed by atoms with Gasteiger partial charge in [0, 0.05) is 44.5 Å². The summed E-state index contributed by atoms with van der Waals surface area (Å²) in [4.78, 5) is 18.0. The fraction of sp³-hybridized carbons (Fsp3) is 0.417. The lowest BCUT2D eigenvalue weighted by Crippen LogP contribution is -2.47. The molecule has 1 aliphatic heterocycles. The van der Waals surface area contributed by atoms with E-state index in [1.807, 2.05) is 18.2 Å². The Morgan fingerprint density at radius 2 is 1.88 bits per heavy atom. The van der Waals surface area contributed by atoms with Crippen LogP contribution in [-0.2, 0) is 17.9 Å². The lowest BCUT2D eigenvalue weighted by atomic mass is 10.2. The fourth-order valence-electron chi connectivity index (χ4n) is 3.55. The molecule has 32 heavy (non-hydrogen) atoms. The van der Waals surface area contributed by atoms with Crippen molar-refractivity contribution in [3.8, 4) is 5.75 Å². The molecule has 2 aliphatic rings. The second-order valence-corrected chi connectivity index (χ2v) is 8.08. The highest BCUT2D eigenvalue weighted by molar-refractivity contribution is 14.0. The molecule has 0 atom stereocenters. The molecule has 0 spiro atoms. The van der Waals surface area contributed by atoms with Gasteiger partial charge in [-0.15, -0.1) is 24.0 Å². The Morgan fingerprint density at radius 3 is 2.59 bits per heavy atom. The highest BCUT2D eigenvalue weighted by atomic mass is 127. The molecule has 1 aliphatic carbocycles. The Bertz CT molecular complexity index is 915. The van der Waals surface area contributed by atoms with Crippen LogP contribution >= 0.6 is 24.0 Å². The molecular formula is C24H32IN5O2. The van der Waals surface area contributed by atoms with Crippen molar-refractivity contribution in [2.45, 2.75) is 25.9 Å². The number of benzene rings is 2. The molecule has 1 saturated heterocycles. The first kappa shape index (κ1) is 24.2. The van der Waals surface area contributed by atoms with E-state index in [1.165, 1.54) is 12.8 Å². The summed E-state index contributed by atoms with van der Waals surface area (Å²) in [6.07, 6.45) is 2.57. The van der Waals surface area contributed by atoms with Crippen molar-refractivity contribution in [2.24, 2.45) is 10.9 Å². The third-order valence-corrected chi connectivity index (χ3v) is 5.61. The number of aliphatic imine (C=N–C) groups is 1. The Kier molecular flexibility index (Phi) is 9.01. The van der Waals surface area contributed by atoms with Crippen molar-refractivity contribution in [3.05, 3.63) is 59.7 Å². The summed E-state index contributed by atoms with van der Waals surface area (Å²) in [5, 5.41) is 9.59. The van der Waals surface area contributed by atoms with E-state index >= 15 is 0 Å². The van der Waals surface area contributed by atoms with Gasteiger partial charge >= 0.3 is 0 Å². The predicted molar refractivity (Wildman–Crippen MR) is 139 cm³/mol. The minimum atomic E-state index is 0. The average molecular weight is 549 g/mol. The van der Waals surface area contributed by atoms with Gasteiger partial charge in [0.25, 0.3) is 0 Å². The van der Waals surface area contributed by atoms with E-state index in [0.717, 1.165) is 47.6 Å². The first-order chi connectivity index (χ1) is 15.2. The largest absolute Gasteiger partial charge is 0.493 e. The highest BCUT2D eigenvalue weighted by Crippen LogP contribution is 2.30. The highest BCUT2D eigenvalue weighted by Gasteiger charge is 2.22. The topological polar surface area (TPSA) is 78.0 Å². The van der Waals surface area contributed by atoms with Gasteiger partial charge in [-0.25, -0.2) is 0 Å². The molecule has 2 fully saturated rings. The van der Waals surface area contributed by atoms with Crippen molar-refractivity contribution in [3.63, 3.8) is 0 Å². The molecule has 7 nitrogen and oxygen atoms in total. The van der Waals surface area contributed by atoms with E-state index in [1.54, 1.807) is 7.05 Å². The number of rotatable bonds is 8. The monoisotopic (exact) mass is 549 g/mol. The number of para-hydroxylation sites is 1. The van der Waals surface area contributed by atoms with Gasteiger partial charge in [-0.1, -0.05) is 30.3 Å². The number of anilines is 1. The van der Waals surface area contributed by atoms with Crippen molar-refractivity contribution in [1.29, 1.82) is 0 Å². The smallest absolute Gasteiger partial charge is 0.239 e. The molecule has 8 heteroatoms. The molecule has 172 valence electrons. The SMILES string of the molecule is CN=C(NCc1ccc(N2CCNC(=O)C2)cc1)NCc1ccccc1OCC1CC1.I. The summed E-state index contributed by atoms with van der Waals surface area (Å²) in [5.74, 6) is 2.49. The van der Waals surface area contributed by atoms with Gasteiger partial charge in [0.2, 0.25) is 5.91 Å². The summed E-state index contributed by atoms with van der Waals surface area (Å²) < 4.78 is 5.99. The third kappa shape index (κ3) is 7.01. The van der Waals surface area contributed by atoms with Crippen LogP contribution in [0, 0.1) is 5.92 Å². The Balaban J connectivity index is 0.00000289. The maximum absolute atomic E-state index is 11.6. The summed E-state index contributed by atoms with van der Waals surface area (Å²) in [5.41, 5.74) is 3.35. The molecule has 2 aromatic rings. The third-order valence-electron chi connectivity index (χ3n) is 5.61. The van der Waals surface area contributed by atoms with Gasteiger partial charge in [0.15, 0.2) is 5.96 Å². The van der Waals surface area contributed by atoms with Gasteiger partial charge in [-0.05, 0) is 42.5 Å². The Labute approximate surface area is 207 Å². The zero-order chi connectivity index (χ0) is 21.5. The summed E-state index contributed by atoms with van der Waals surface area (Å²) in [6.45, 7) is 4.07. The summed E-state index contributed by atoms with van der Waals surface area (Å²) in [6, 6.07) is 16.5. The Morgan fingerprint density at radius 1 is 1.12 bits per heavy atom. The van der Waals surface area contributed by atoms with Gasteiger partial charge in [-0.3, -0.25) is 9.79 Å². The van der Waals surface area contributed by atoms with E-state index in [2.05, 4.69) is 56.2 Å². The normalized spacial score (nSPS) is 16.1. The van der Waals surface area contributed by atoms with Crippen molar-refractivity contribution in [1.82, 2.24) is 16.0 Å². The van der Waals surface area contributed by atoms with Gasteiger partial charge in [-0.2, -0.15) is 0 Å². The van der Waals surface area contributed by atoms with E-state index in [4.69, 9.17) is 4.74 Å². The number of amides is 1. The summed E-state index contributed by atoms with van der Waals surface area (Å²) >= 11 is 0. The molecule has 1 saturated carbocycles. The van der Waals surface area contributed by atoms with Crippen molar-refractivity contribution >= 4 is 41.5 Å². The number of nitrogens with one attached hydrogen (secondary N) is 3. The van der Waals surface area contributed by atoms with Gasteiger partial charge in [0.1, 0.15) is 5.75 Å². The number of nitrogens with zero attached hydrogens (tertiary/aromatic N) is 2. The van der Waals surface area contributed by atoms with Crippen LogP contribution in [0.4, 0.5) is 5.69 Å². The average Bonchev–Trinajstić information content (AvgIpc) is 3.63. The number of carbonyl (C=O) groups excluding carboxylic acids is 1. The first-order valence-corrected chi connectivity index (χ1v) is 11.0. The molecule has 0 unspecified atom stereocenters. The van der Waals surface area contributed by atoms with Crippen molar-refractivity contribution in [2.75, 3.05) is 38.2 Å². The van der Waals surface area contributed by atoms with Crippen LogP contribution in [-0.4, -0.2) is 45.2 Å². The van der Waals surface area contributed by atoms with Crippen LogP contribution < -0.4 is 25.6 Å². The zero-order valence-corrected chi connectivity index (χ0v) is 20.8. The fourth-order valence-corrected chi connectivity index (χ4v) is 3.55. The van der Waals surface area contributed by atoms with E-state index in [0.29, 0.717) is 26.2 Å². The van der Waals surface area contributed by atoms with Crippen LogP contribution in [0.15, 0.2) is 53.5 Å². The predicted octanol–water partition coefficient (Wildman–Crippen LogP) is 2.89. The molecule has 1 amide bonds. The molecule has 0 bridgehead atoms. The lowest BCUT2D eigenvalue weighted by Gasteiger charge is -2.28. The van der Waals surface area contributed by atoms with Crippen molar-refractivity contribution < 1.29 is 9.53 Å². The van der Waals surface area contributed by atoms with Crippen LogP contribution in [0.3, 0.4) is 0 Å². The Hall–Kier alpha value is -2.49. The first-order valence-electron chi connectivity index (χ1n) is 11.0. The molecule has 3 N–H and O–H groups in total. The maximum atomic E-state index is 11.6. The lowest BCUT2D eigenvalue weighted by molar-refractivity contribution is -0.120. The van der Waals surface area contributed by atoms with E-state index in [9.17, 15) is 4.79 Å². The second-order valence-electron chi connectivity index (χ2n) is 8.08. The molecule has 0 radical (unpaired) electrons.